The Morgan fingerprint density at radius 3 is 2.58 bits per heavy atom. The van der Waals surface area contributed by atoms with E-state index in [4.69, 9.17) is 11.6 Å². The predicted octanol–water partition coefficient (Wildman–Crippen LogP) is 4.61. The quantitative estimate of drug-likeness (QED) is 0.326. The molecule has 36 heavy (non-hydrogen) atoms. The minimum absolute atomic E-state index is 0.0626. The average Bonchev–Trinajstić information content (AvgIpc) is 3.25. The number of fused-ring (bicyclic) bond motifs is 4. The molecule has 4 aromatic rings. The largest absolute Gasteiger partial charge is 0.356 e. The third-order valence-corrected chi connectivity index (χ3v) is 7.28. The Morgan fingerprint density at radius 1 is 1.03 bits per heavy atom. The summed E-state index contributed by atoms with van der Waals surface area (Å²) >= 11 is 6.00. The minimum atomic E-state index is -0.713. The number of rotatable bonds is 4. The monoisotopic (exact) mass is 500 g/mol. The number of nitro groups is 1. The van der Waals surface area contributed by atoms with Gasteiger partial charge in [0, 0.05) is 46.7 Å². The van der Waals surface area contributed by atoms with Crippen LogP contribution in [0.1, 0.15) is 28.4 Å². The van der Waals surface area contributed by atoms with E-state index in [2.05, 4.69) is 4.98 Å². The van der Waals surface area contributed by atoms with Gasteiger partial charge in [0.1, 0.15) is 12.6 Å². The van der Waals surface area contributed by atoms with Crippen molar-refractivity contribution in [1.82, 2.24) is 14.8 Å². The van der Waals surface area contributed by atoms with E-state index in [0.717, 1.165) is 27.7 Å². The van der Waals surface area contributed by atoms with Crippen molar-refractivity contribution < 1.29 is 14.5 Å². The number of benzene rings is 3. The zero-order valence-corrected chi connectivity index (χ0v) is 19.8. The van der Waals surface area contributed by atoms with Crippen LogP contribution < -0.4 is 0 Å². The molecule has 1 saturated heterocycles. The van der Waals surface area contributed by atoms with Crippen LogP contribution in [-0.4, -0.2) is 44.1 Å². The Bertz CT molecular complexity index is 1530. The number of para-hydroxylation sites is 1. The van der Waals surface area contributed by atoms with E-state index in [9.17, 15) is 19.7 Å². The van der Waals surface area contributed by atoms with Gasteiger partial charge in [-0.05, 0) is 34.9 Å². The highest BCUT2D eigenvalue weighted by atomic mass is 35.5. The molecule has 8 nitrogen and oxygen atoms in total. The molecule has 0 saturated carbocycles. The molecule has 3 aromatic carbocycles. The van der Waals surface area contributed by atoms with E-state index in [0.29, 0.717) is 23.6 Å². The summed E-state index contributed by atoms with van der Waals surface area (Å²) in [6, 6.07) is 20.0. The van der Waals surface area contributed by atoms with Crippen molar-refractivity contribution in [2.45, 2.75) is 25.0 Å². The number of amides is 2. The van der Waals surface area contributed by atoms with Gasteiger partial charge in [0.2, 0.25) is 11.8 Å². The first-order chi connectivity index (χ1) is 17.4. The number of piperazine rings is 1. The third kappa shape index (κ3) is 3.61. The highest BCUT2D eigenvalue weighted by molar-refractivity contribution is 6.30. The van der Waals surface area contributed by atoms with Crippen molar-refractivity contribution in [3.8, 4) is 0 Å². The van der Waals surface area contributed by atoms with Crippen molar-refractivity contribution in [3.05, 3.63) is 110 Å². The number of carbonyl (C=O) groups is 2. The second kappa shape index (κ2) is 8.49. The van der Waals surface area contributed by atoms with Gasteiger partial charge < -0.3 is 14.8 Å². The van der Waals surface area contributed by atoms with Crippen LogP contribution in [-0.2, 0) is 22.6 Å². The van der Waals surface area contributed by atoms with Crippen molar-refractivity contribution in [2.24, 2.45) is 0 Å². The fourth-order valence-electron chi connectivity index (χ4n) is 5.42. The predicted molar refractivity (Wildman–Crippen MR) is 134 cm³/mol. The van der Waals surface area contributed by atoms with Crippen molar-refractivity contribution in [3.63, 3.8) is 0 Å². The van der Waals surface area contributed by atoms with E-state index in [1.165, 1.54) is 12.1 Å². The SMILES string of the molecule is O=C1[C@H]2Cc3c([nH]c4ccccc34)C(c3cccc([N+](=O)[O-])c3)N2C(=O)CN1Cc1ccc(Cl)cc1. The standard InChI is InChI=1S/C27H21ClN4O4/c28-18-10-8-16(9-11-18)14-30-15-24(33)31-23(27(30)34)13-21-20-6-1-2-7-22(20)29-25(21)26(31)17-4-3-5-19(12-17)32(35)36/h1-12,23,26,29H,13-15H2/t23-,26?/m1/s1. The zero-order chi connectivity index (χ0) is 25.0. The van der Waals surface area contributed by atoms with Crippen molar-refractivity contribution >= 4 is 40.0 Å². The van der Waals surface area contributed by atoms with Crippen LogP contribution in [0.2, 0.25) is 5.02 Å². The number of aromatic amines is 1. The number of nitrogens with zero attached hydrogens (tertiary/aromatic N) is 3. The summed E-state index contributed by atoms with van der Waals surface area (Å²) in [5.41, 5.74) is 4.06. The topological polar surface area (TPSA) is 99.5 Å². The number of nitro benzene ring substituents is 1. The van der Waals surface area contributed by atoms with Gasteiger partial charge in [-0.3, -0.25) is 19.7 Å². The maximum absolute atomic E-state index is 13.8. The highest BCUT2D eigenvalue weighted by Gasteiger charge is 2.48. The van der Waals surface area contributed by atoms with Gasteiger partial charge in [0.25, 0.3) is 5.69 Å². The molecule has 0 aliphatic carbocycles. The minimum Gasteiger partial charge on any atom is -0.356 e. The first-order valence-corrected chi connectivity index (χ1v) is 12.0. The summed E-state index contributed by atoms with van der Waals surface area (Å²) in [6.07, 6.45) is 0.368. The molecule has 1 fully saturated rings. The lowest BCUT2D eigenvalue weighted by atomic mass is 9.86. The molecule has 0 radical (unpaired) electrons. The van der Waals surface area contributed by atoms with Crippen LogP contribution in [0.25, 0.3) is 10.9 Å². The molecule has 0 bridgehead atoms. The van der Waals surface area contributed by atoms with Gasteiger partial charge in [-0.25, -0.2) is 0 Å². The lowest BCUT2D eigenvalue weighted by molar-refractivity contribution is -0.384. The van der Waals surface area contributed by atoms with Gasteiger partial charge in [0.05, 0.1) is 11.0 Å². The molecule has 6 rings (SSSR count). The number of hydrogen-bond donors (Lipinski definition) is 1. The smallest absolute Gasteiger partial charge is 0.269 e. The lowest BCUT2D eigenvalue weighted by Gasteiger charge is -2.47. The number of H-pyrrole nitrogens is 1. The summed E-state index contributed by atoms with van der Waals surface area (Å²) in [5.74, 6) is -0.342. The first-order valence-electron chi connectivity index (χ1n) is 11.6. The van der Waals surface area contributed by atoms with Gasteiger partial charge in [-0.1, -0.05) is 54.1 Å². The zero-order valence-electron chi connectivity index (χ0n) is 19.1. The van der Waals surface area contributed by atoms with E-state index < -0.39 is 17.0 Å². The van der Waals surface area contributed by atoms with Crippen LogP contribution in [0.3, 0.4) is 0 Å². The van der Waals surface area contributed by atoms with Crippen molar-refractivity contribution in [2.75, 3.05) is 6.54 Å². The van der Waals surface area contributed by atoms with Crippen LogP contribution in [0.4, 0.5) is 5.69 Å². The Balaban J connectivity index is 1.46. The summed E-state index contributed by atoms with van der Waals surface area (Å²) in [4.78, 5) is 45.1. The number of hydrogen-bond acceptors (Lipinski definition) is 4. The van der Waals surface area contributed by atoms with Gasteiger partial charge in [-0.15, -0.1) is 0 Å². The maximum Gasteiger partial charge on any atom is 0.269 e. The molecule has 2 amide bonds. The number of nitrogens with one attached hydrogen (secondary N) is 1. The fraction of sp³-hybridized carbons (Fsp3) is 0.185. The third-order valence-electron chi connectivity index (χ3n) is 7.03. The Labute approximate surface area is 211 Å². The molecule has 3 heterocycles. The molecule has 180 valence electrons. The first kappa shape index (κ1) is 22.3. The lowest BCUT2D eigenvalue weighted by Crippen LogP contribution is -2.62. The molecule has 1 unspecified atom stereocenters. The molecular formula is C27H21ClN4O4. The summed E-state index contributed by atoms with van der Waals surface area (Å²) in [7, 11) is 0. The second-order valence-corrected chi connectivity index (χ2v) is 9.60. The van der Waals surface area contributed by atoms with Gasteiger partial charge in [-0.2, -0.15) is 0 Å². The van der Waals surface area contributed by atoms with Crippen LogP contribution in [0.5, 0.6) is 0 Å². The summed E-state index contributed by atoms with van der Waals surface area (Å²) in [6.45, 7) is 0.229. The van der Waals surface area contributed by atoms with E-state index in [1.807, 2.05) is 36.4 Å². The summed E-state index contributed by atoms with van der Waals surface area (Å²) in [5, 5.41) is 13.1. The Kier molecular flexibility index (Phi) is 5.26. The molecule has 1 aromatic heterocycles. The van der Waals surface area contributed by atoms with Crippen molar-refractivity contribution in [1.29, 1.82) is 0 Å². The Hall–Kier alpha value is -4.17. The van der Waals surface area contributed by atoms with Gasteiger partial charge in [0.15, 0.2) is 0 Å². The van der Waals surface area contributed by atoms with E-state index in [-0.39, 0.29) is 24.0 Å². The van der Waals surface area contributed by atoms with E-state index >= 15 is 0 Å². The second-order valence-electron chi connectivity index (χ2n) is 9.16. The van der Waals surface area contributed by atoms with Crippen LogP contribution >= 0.6 is 11.6 Å². The number of non-ortho nitro benzene ring substituents is 1. The number of halogens is 1. The number of carbonyl (C=O) groups excluding carboxylic acids is 2. The molecule has 2 aliphatic rings. The molecule has 0 spiro atoms. The van der Waals surface area contributed by atoms with Crippen LogP contribution in [0.15, 0.2) is 72.8 Å². The molecule has 1 N–H and O–H groups in total. The normalized spacial score (nSPS) is 19.4. The maximum atomic E-state index is 13.8. The van der Waals surface area contributed by atoms with E-state index in [1.54, 1.807) is 34.1 Å². The average molecular weight is 501 g/mol. The number of aromatic nitrogens is 1. The molecule has 2 aliphatic heterocycles. The Morgan fingerprint density at radius 2 is 1.81 bits per heavy atom. The van der Waals surface area contributed by atoms with Crippen LogP contribution in [0, 0.1) is 10.1 Å². The molecule has 9 heteroatoms. The fourth-order valence-corrected chi connectivity index (χ4v) is 5.55. The molecule has 2 atom stereocenters. The van der Waals surface area contributed by atoms with Gasteiger partial charge >= 0.3 is 0 Å². The molecular weight excluding hydrogens is 480 g/mol. The summed E-state index contributed by atoms with van der Waals surface area (Å²) < 4.78 is 0. The highest BCUT2D eigenvalue weighted by Crippen LogP contribution is 2.43.